The van der Waals surface area contributed by atoms with Gasteiger partial charge in [-0.25, -0.2) is 18.3 Å². The molecule has 0 aliphatic heterocycles. The average molecular weight is 293 g/mol. The summed E-state index contributed by atoms with van der Waals surface area (Å²) in [5.41, 5.74) is 1.20. The van der Waals surface area contributed by atoms with Gasteiger partial charge >= 0.3 is 0 Å². The van der Waals surface area contributed by atoms with Crippen molar-refractivity contribution >= 4 is 20.2 Å². The minimum Gasteiger partial charge on any atom is -0.218 e. The van der Waals surface area contributed by atoms with Crippen LogP contribution in [0.1, 0.15) is 11.1 Å². The molecule has 0 saturated carbocycles. The third kappa shape index (κ3) is 5.56. The summed E-state index contributed by atoms with van der Waals surface area (Å²) in [6, 6.07) is 6.58. The highest BCUT2D eigenvalue weighted by Crippen LogP contribution is 2.08. The fraction of sp³-hybridized carbons (Fsp3) is 0.333. The van der Waals surface area contributed by atoms with Gasteiger partial charge in [-0.05, 0) is 18.2 Å². The minimum absolute atomic E-state index is 0.0201. The molecule has 0 aromatic heterocycles. The molecular weight excluding hydrogens is 278 g/mol. The Labute approximate surface area is 107 Å². The fourth-order valence-corrected chi connectivity index (χ4v) is 2.44. The molecule has 0 radical (unpaired) electrons. The van der Waals surface area contributed by atoms with Crippen molar-refractivity contribution in [1.82, 2.24) is 9.44 Å². The number of hydrogen-bond donors (Lipinski definition) is 3. The molecule has 0 atom stereocenters. The first-order chi connectivity index (χ1) is 8.22. The molecule has 7 nitrogen and oxygen atoms in total. The molecule has 4 N–H and O–H groups in total. The lowest BCUT2D eigenvalue weighted by molar-refractivity contribution is 0.582. The van der Waals surface area contributed by atoms with Gasteiger partial charge in [0.15, 0.2) is 0 Å². The predicted molar refractivity (Wildman–Crippen MR) is 68.1 cm³/mol. The van der Waals surface area contributed by atoms with Gasteiger partial charge in [-0.3, -0.25) is 0 Å². The second kappa shape index (κ2) is 5.76. The molecule has 1 aromatic carbocycles. The molecule has 0 spiro atoms. The van der Waals surface area contributed by atoms with Gasteiger partial charge in [0.05, 0.1) is 5.75 Å². The Morgan fingerprint density at radius 2 is 1.78 bits per heavy atom. The van der Waals surface area contributed by atoms with Crippen molar-refractivity contribution in [2.24, 2.45) is 5.14 Å². The molecule has 0 bridgehead atoms. The quantitative estimate of drug-likeness (QED) is 0.625. The Kier molecular flexibility index (Phi) is 4.82. The maximum absolute atomic E-state index is 11.4. The van der Waals surface area contributed by atoms with Crippen LogP contribution in [0.3, 0.4) is 0 Å². The van der Waals surface area contributed by atoms with E-state index in [1.165, 1.54) is 7.05 Å². The molecule has 1 rings (SSSR count). The molecular formula is C9H15N3O4S2. The topological polar surface area (TPSA) is 118 Å². The first-order valence-corrected chi connectivity index (χ1v) is 8.18. The van der Waals surface area contributed by atoms with Crippen molar-refractivity contribution in [2.75, 3.05) is 7.05 Å². The van der Waals surface area contributed by atoms with Crippen molar-refractivity contribution in [3.05, 3.63) is 35.4 Å². The molecule has 102 valence electrons. The molecule has 0 heterocycles. The molecule has 0 aliphatic rings. The van der Waals surface area contributed by atoms with Crippen LogP contribution in [0.5, 0.6) is 0 Å². The third-order valence-corrected chi connectivity index (χ3v) is 4.02. The van der Waals surface area contributed by atoms with E-state index in [4.69, 9.17) is 5.14 Å². The Bertz CT molecular complexity index is 610. The maximum atomic E-state index is 11.4. The predicted octanol–water partition coefficient (Wildman–Crippen LogP) is -0.971. The summed E-state index contributed by atoms with van der Waals surface area (Å²) in [5, 5.41) is 4.80. The number of nitrogens with one attached hydrogen (secondary N) is 2. The molecule has 0 aliphatic carbocycles. The molecule has 0 saturated heterocycles. The minimum atomic E-state index is -3.76. The van der Waals surface area contributed by atoms with Gasteiger partial charge < -0.3 is 0 Å². The smallest absolute Gasteiger partial charge is 0.218 e. The number of nitrogens with two attached hydrogens (primary N) is 1. The molecule has 0 amide bonds. The molecule has 1 aromatic rings. The van der Waals surface area contributed by atoms with Crippen LogP contribution in [-0.4, -0.2) is 23.9 Å². The van der Waals surface area contributed by atoms with E-state index in [2.05, 4.69) is 9.44 Å². The number of rotatable bonds is 6. The van der Waals surface area contributed by atoms with E-state index in [9.17, 15) is 16.8 Å². The van der Waals surface area contributed by atoms with Gasteiger partial charge in [-0.2, -0.15) is 13.1 Å². The lowest BCUT2D eigenvalue weighted by atomic mass is 10.1. The monoisotopic (exact) mass is 293 g/mol. The zero-order valence-electron chi connectivity index (χ0n) is 9.75. The number of benzene rings is 1. The van der Waals surface area contributed by atoms with Crippen molar-refractivity contribution < 1.29 is 16.8 Å². The zero-order valence-corrected chi connectivity index (χ0v) is 11.4. The summed E-state index contributed by atoms with van der Waals surface area (Å²) >= 11 is 0. The highest BCUT2D eigenvalue weighted by atomic mass is 32.2. The number of sulfonamides is 1. The third-order valence-electron chi connectivity index (χ3n) is 2.14. The van der Waals surface area contributed by atoms with Crippen molar-refractivity contribution in [3.63, 3.8) is 0 Å². The fourth-order valence-electron chi connectivity index (χ4n) is 1.30. The van der Waals surface area contributed by atoms with Gasteiger partial charge in [-0.15, -0.1) is 0 Å². The first kappa shape index (κ1) is 15.1. The zero-order chi connectivity index (χ0) is 13.8. The van der Waals surface area contributed by atoms with Crippen molar-refractivity contribution in [2.45, 2.75) is 12.3 Å². The van der Waals surface area contributed by atoms with Crippen molar-refractivity contribution in [3.8, 4) is 0 Å². The van der Waals surface area contributed by atoms with E-state index >= 15 is 0 Å². The van der Waals surface area contributed by atoms with Crippen LogP contribution in [0.25, 0.3) is 0 Å². The Hall–Kier alpha value is -1.00. The largest absolute Gasteiger partial charge is 0.274 e. The Balaban J connectivity index is 2.80. The Morgan fingerprint density at radius 1 is 1.17 bits per heavy atom. The summed E-state index contributed by atoms with van der Waals surface area (Å²) in [6.07, 6.45) is 0. The first-order valence-electron chi connectivity index (χ1n) is 4.98. The molecule has 0 fully saturated rings. The van der Waals surface area contributed by atoms with Crippen LogP contribution in [0.2, 0.25) is 0 Å². The van der Waals surface area contributed by atoms with E-state index in [0.717, 1.165) is 0 Å². The standard InChI is InChI=1S/C9H15N3O4S2/c1-11-17(13,14)7-9-4-2-3-8(5-9)6-12-18(10,15)16/h2-5,11-12H,6-7H2,1H3,(H2,10,15,16). The number of hydrogen-bond acceptors (Lipinski definition) is 4. The summed E-state index contributed by atoms with van der Waals surface area (Å²) < 4.78 is 48.5. The van der Waals surface area contributed by atoms with E-state index in [0.29, 0.717) is 11.1 Å². The lowest BCUT2D eigenvalue weighted by Crippen LogP contribution is -2.30. The van der Waals surface area contributed by atoms with Crippen LogP contribution in [0.15, 0.2) is 24.3 Å². The van der Waals surface area contributed by atoms with E-state index < -0.39 is 20.2 Å². The second-order valence-corrected chi connectivity index (χ2v) is 6.95. The van der Waals surface area contributed by atoms with Crippen LogP contribution < -0.4 is 14.6 Å². The van der Waals surface area contributed by atoms with Crippen LogP contribution in [0.4, 0.5) is 0 Å². The van der Waals surface area contributed by atoms with Crippen LogP contribution in [-0.2, 0) is 32.5 Å². The van der Waals surface area contributed by atoms with Crippen LogP contribution >= 0.6 is 0 Å². The summed E-state index contributed by atoms with van der Waals surface area (Å²) in [7, 11) is -5.77. The highest BCUT2D eigenvalue weighted by Gasteiger charge is 2.09. The van der Waals surface area contributed by atoms with Gasteiger partial charge in [-0.1, -0.05) is 24.3 Å². The van der Waals surface area contributed by atoms with Crippen molar-refractivity contribution in [1.29, 1.82) is 0 Å². The van der Waals surface area contributed by atoms with E-state index in [1.54, 1.807) is 24.3 Å². The van der Waals surface area contributed by atoms with Gasteiger partial charge in [0.2, 0.25) is 10.0 Å². The second-order valence-electron chi connectivity index (χ2n) is 3.65. The van der Waals surface area contributed by atoms with E-state index in [-0.39, 0.29) is 12.3 Å². The summed E-state index contributed by atoms with van der Waals surface area (Å²) in [6.45, 7) is 0.0201. The maximum Gasteiger partial charge on any atom is 0.274 e. The van der Waals surface area contributed by atoms with Gasteiger partial charge in [0.1, 0.15) is 0 Å². The highest BCUT2D eigenvalue weighted by molar-refractivity contribution is 7.88. The molecule has 0 unspecified atom stereocenters. The van der Waals surface area contributed by atoms with Gasteiger partial charge in [0.25, 0.3) is 10.2 Å². The van der Waals surface area contributed by atoms with Gasteiger partial charge in [0, 0.05) is 6.54 Å². The lowest BCUT2D eigenvalue weighted by Gasteiger charge is -2.06. The Morgan fingerprint density at radius 3 is 2.33 bits per heavy atom. The average Bonchev–Trinajstić information content (AvgIpc) is 2.25. The normalized spacial score (nSPS) is 12.6. The molecule has 9 heteroatoms. The summed E-state index contributed by atoms with van der Waals surface area (Å²) in [4.78, 5) is 0. The SMILES string of the molecule is CNS(=O)(=O)Cc1cccc(CNS(N)(=O)=O)c1. The molecule has 18 heavy (non-hydrogen) atoms. The summed E-state index contributed by atoms with van der Waals surface area (Å²) in [5.74, 6) is -0.160. The van der Waals surface area contributed by atoms with E-state index in [1.807, 2.05) is 0 Å². The van der Waals surface area contributed by atoms with Crippen LogP contribution in [0, 0.1) is 0 Å².